The summed E-state index contributed by atoms with van der Waals surface area (Å²) in [5.74, 6) is -0.153. The monoisotopic (exact) mass is 396 g/mol. The summed E-state index contributed by atoms with van der Waals surface area (Å²) in [7, 11) is -3.89. The predicted octanol–water partition coefficient (Wildman–Crippen LogP) is 3.51. The minimum atomic E-state index is -3.89. The van der Waals surface area contributed by atoms with E-state index >= 15 is 0 Å². The SMILES string of the molecule is CCCCC[N+](CCCCC)(CCCS(=O)(=O)O)CCOCCOCC. The van der Waals surface area contributed by atoms with Crippen molar-refractivity contribution in [1.29, 1.82) is 0 Å². The van der Waals surface area contributed by atoms with Gasteiger partial charge >= 0.3 is 0 Å². The normalized spacial score (nSPS) is 12.6. The van der Waals surface area contributed by atoms with Crippen molar-refractivity contribution in [2.75, 3.05) is 58.4 Å². The Morgan fingerprint density at radius 3 is 1.77 bits per heavy atom. The lowest BCUT2D eigenvalue weighted by Gasteiger charge is -2.39. The van der Waals surface area contributed by atoms with Gasteiger partial charge in [0.15, 0.2) is 0 Å². The zero-order valence-corrected chi connectivity index (χ0v) is 18.1. The zero-order chi connectivity index (χ0) is 19.7. The highest BCUT2D eigenvalue weighted by Crippen LogP contribution is 2.15. The van der Waals surface area contributed by atoms with Crippen molar-refractivity contribution >= 4 is 10.1 Å². The van der Waals surface area contributed by atoms with Gasteiger partial charge in [0.1, 0.15) is 6.54 Å². The van der Waals surface area contributed by atoms with E-state index in [1.165, 1.54) is 25.7 Å². The molecule has 6 nitrogen and oxygen atoms in total. The smallest absolute Gasteiger partial charge is 0.265 e. The highest BCUT2D eigenvalue weighted by Gasteiger charge is 2.26. The second-order valence-electron chi connectivity index (χ2n) is 7.10. The molecule has 0 amide bonds. The number of hydrogen-bond donors (Lipinski definition) is 1. The zero-order valence-electron chi connectivity index (χ0n) is 17.2. The Balaban J connectivity index is 4.73. The highest BCUT2D eigenvalue weighted by atomic mass is 32.2. The molecule has 0 heterocycles. The molecule has 0 saturated carbocycles. The van der Waals surface area contributed by atoms with Gasteiger partial charge in [0.2, 0.25) is 0 Å². The van der Waals surface area contributed by atoms with Crippen molar-refractivity contribution in [1.82, 2.24) is 0 Å². The van der Waals surface area contributed by atoms with Gasteiger partial charge in [-0.2, -0.15) is 8.42 Å². The molecular formula is C19H42NO5S+. The van der Waals surface area contributed by atoms with Crippen LogP contribution in [0.1, 0.15) is 65.7 Å². The second kappa shape index (κ2) is 15.8. The standard InChI is InChI=1S/C19H41NO5S/c1-4-7-9-12-20(13-10-8-5-2,14-11-19-26(21,22)23)15-16-25-18-17-24-6-3/h4-19H2,1-3H3/p+1. The number of unbranched alkanes of at least 4 members (excludes halogenated alkanes) is 4. The fraction of sp³-hybridized carbons (Fsp3) is 1.00. The van der Waals surface area contributed by atoms with E-state index in [4.69, 9.17) is 14.0 Å². The van der Waals surface area contributed by atoms with E-state index in [9.17, 15) is 8.42 Å². The van der Waals surface area contributed by atoms with Crippen LogP contribution in [-0.2, 0) is 19.6 Å². The van der Waals surface area contributed by atoms with Gasteiger partial charge in [-0.05, 0) is 32.6 Å². The Bertz CT molecular complexity index is 404. The quantitative estimate of drug-likeness (QED) is 0.205. The first-order valence-electron chi connectivity index (χ1n) is 10.3. The van der Waals surface area contributed by atoms with Crippen molar-refractivity contribution < 1.29 is 26.9 Å². The van der Waals surface area contributed by atoms with Crippen LogP contribution in [0.25, 0.3) is 0 Å². The van der Waals surface area contributed by atoms with Crippen LogP contribution >= 0.6 is 0 Å². The van der Waals surface area contributed by atoms with E-state index in [0.717, 1.165) is 43.5 Å². The molecule has 0 aromatic carbocycles. The topological polar surface area (TPSA) is 72.8 Å². The van der Waals surface area contributed by atoms with E-state index in [1.54, 1.807) is 0 Å². The van der Waals surface area contributed by atoms with Gasteiger partial charge in [-0.25, -0.2) is 0 Å². The molecular weight excluding hydrogens is 354 g/mol. The van der Waals surface area contributed by atoms with Crippen LogP contribution in [0.15, 0.2) is 0 Å². The Morgan fingerprint density at radius 2 is 1.27 bits per heavy atom. The highest BCUT2D eigenvalue weighted by molar-refractivity contribution is 7.85. The molecule has 0 radical (unpaired) electrons. The lowest BCUT2D eigenvalue weighted by atomic mass is 10.1. The molecule has 0 aromatic rings. The van der Waals surface area contributed by atoms with Crippen LogP contribution in [0.3, 0.4) is 0 Å². The van der Waals surface area contributed by atoms with Gasteiger partial charge in [-0.1, -0.05) is 26.7 Å². The molecule has 0 aliphatic heterocycles. The van der Waals surface area contributed by atoms with Crippen LogP contribution in [-0.4, -0.2) is 75.8 Å². The fourth-order valence-electron chi connectivity index (χ4n) is 3.27. The van der Waals surface area contributed by atoms with E-state index in [1.807, 2.05) is 6.92 Å². The molecule has 0 atom stereocenters. The third kappa shape index (κ3) is 14.9. The van der Waals surface area contributed by atoms with Crippen LogP contribution in [0.2, 0.25) is 0 Å². The summed E-state index contributed by atoms with van der Waals surface area (Å²) in [5, 5.41) is 0. The predicted molar refractivity (Wildman–Crippen MR) is 107 cm³/mol. The fourth-order valence-corrected chi connectivity index (χ4v) is 3.76. The summed E-state index contributed by atoms with van der Waals surface area (Å²) < 4.78 is 43.2. The number of hydrogen-bond acceptors (Lipinski definition) is 4. The molecule has 0 rings (SSSR count). The largest absolute Gasteiger partial charge is 0.379 e. The molecule has 0 saturated heterocycles. The molecule has 0 unspecified atom stereocenters. The summed E-state index contributed by atoms with van der Waals surface area (Å²) in [4.78, 5) is 0. The van der Waals surface area contributed by atoms with Crippen LogP contribution in [0, 0.1) is 0 Å². The van der Waals surface area contributed by atoms with Crippen molar-refractivity contribution in [3.63, 3.8) is 0 Å². The summed E-state index contributed by atoms with van der Waals surface area (Å²) in [6, 6.07) is 0. The average molecular weight is 397 g/mol. The molecule has 0 bridgehead atoms. The first-order chi connectivity index (χ1) is 12.4. The minimum Gasteiger partial charge on any atom is -0.379 e. The van der Waals surface area contributed by atoms with Crippen molar-refractivity contribution in [3.05, 3.63) is 0 Å². The second-order valence-corrected chi connectivity index (χ2v) is 8.67. The number of ether oxygens (including phenoxy) is 2. The van der Waals surface area contributed by atoms with Gasteiger partial charge in [-0.15, -0.1) is 0 Å². The van der Waals surface area contributed by atoms with Crippen molar-refractivity contribution in [2.45, 2.75) is 65.7 Å². The summed E-state index contributed by atoms with van der Waals surface area (Å²) in [6.45, 7) is 12.7. The van der Waals surface area contributed by atoms with Crippen LogP contribution in [0.5, 0.6) is 0 Å². The van der Waals surface area contributed by atoms with Gasteiger partial charge in [0.25, 0.3) is 10.1 Å². The Morgan fingerprint density at radius 1 is 0.731 bits per heavy atom. The average Bonchev–Trinajstić information content (AvgIpc) is 2.57. The lowest BCUT2D eigenvalue weighted by Crippen LogP contribution is -2.52. The first-order valence-corrected chi connectivity index (χ1v) is 12.0. The molecule has 0 fully saturated rings. The Hall–Kier alpha value is -0.210. The first kappa shape index (κ1) is 25.8. The maximum absolute atomic E-state index is 11.1. The Labute approximate surface area is 161 Å². The third-order valence-corrected chi connectivity index (χ3v) is 5.60. The molecule has 0 aromatic heterocycles. The number of quaternary nitrogens is 1. The maximum atomic E-state index is 11.1. The van der Waals surface area contributed by atoms with E-state index in [0.29, 0.717) is 32.8 Å². The minimum absolute atomic E-state index is 0.153. The van der Waals surface area contributed by atoms with E-state index < -0.39 is 10.1 Å². The lowest BCUT2D eigenvalue weighted by molar-refractivity contribution is -0.929. The molecule has 0 aliphatic carbocycles. The Kier molecular flexibility index (Phi) is 15.7. The molecule has 0 aliphatic rings. The third-order valence-electron chi connectivity index (χ3n) is 4.79. The van der Waals surface area contributed by atoms with Gasteiger partial charge in [0, 0.05) is 13.0 Å². The molecule has 0 spiro atoms. The molecule has 26 heavy (non-hydrogen) atoms. The van der Waals surface area contributed by atoms with Gasteiger partial charge < -0.3 is 14.0 Å². The summed E-state index contributed by atoms with van der Waals surface area (Å²) in [5.41, 5.74) is 0. The van der Waals surface area contributed by atoms with Crippen LogP contribution < -0.4 is 0 Å². The van der Waals surface area contributed by atoms with E-state index in [-0.39, 0.29) is 5.75 Å². The van der Waals surface area contributed by atoms with Gasteiger partial charge in [-0.3, -0.25) is 4.55 Å². The van der Waals surface area contributed by atoms with Crippen molar-refractivity contribution in [2.24, 2.45) is 0 Å². The molecule has 7 heteroatoms. The molecule has 158 valence electrons. The van der Waals surface area contributed by atoms with Gasteiger partial charge in [0.05, 0.1) is 45.2 Å². The van der Waals surface area contributed by atoms with Crippen molar-refractivity contribution in [3.8, 4) is 0 Å². The summed E-state index contributed by atoms with van der Waals surface area (Å²) in [6.07, 6.45) is 7.52. The van der Waals surface area contributed by atoms with E-state index in [2.05, 4.69) is 13.8 Å². The number of rotatable bonds is 19. The number of nitrogens with zero attached hydrogens (tertiary/aromatic N) is 1. The maximum Gasteiger partial charge on any atom is 0.265 e. The molecule has 1 N–H and O–H groups in total. The summed E-state index contributed by atoms with van der Waals surface area (Å²) >= 11 is 0. The van der Waals surface area contributed by atoms with Crippen LogP contribution in [0.4, 0.5) is 0 Å².